The number of hydrazone groups is 1. The molecule has 1 aliphatic rings. The number of morpholine rings is 1. The lowest BCUT2D eigenvalue weighted by Crippen LogP contribution is -2.36. The van der Waals surface area contributed by atoms with Crippen molar-refractivity contribution < 1.29 is 23.7 Å². The Balaban J connectivity index is 1.65. The molecule has 0 saturated carbocycles. The number of amides is 1. The maximum Gasteiger partial charge on any atom is 0.271 e. The van der Waals surface area contributed by atoms with Crippen LogP contribution in [0.15, 0.2) is 41.5 Å². The first kappa shape index (κ1) is 20.5. The van der Waals surface area contributed by atoms with Crippen LogP contribution in [0.1, 0.15) is 15.9 Å². The van der Waals surface area contributed by atoms with Gasteiger partial charge in [0, 0.05) is 24.3 Å². The number of hydrogen-bond donors (Lipinski definition) is 1. The molecule has 0 aromatic heterocycles. The molecule has 1 aliphatic heterocycles. The van der Waals surface area contributed by atoms with Gasteiger partial charge in [0.2, 0.25) is 5.75 Å². The Bertz CT molecular complexity index is 836. The van der Waals surface area contributed by atoms with Gasteiger partial charge in [0.15, 0.2) is 11.5 Å². The smallest absolute Gasteiger partial charge is 0.271 e. The molecule has 0 bridgehead atoms. The van der Waals surface area contributed by atoms with E-state index in [1.807, 2.05) is 24.3 Å². The molecule has 29 heavy (non-hydrogen) atoms. The number of benzene rings is 2. The number of carbonyl (C=O) groups is 1. The number of methoxy groups -OCH3 is 3. The minimum atomic E-state index is -0.384. The third-order valence-electron chi connectivity index (χ3n) is 4.58. The fraction of sp³-hybridized carbons (Fsp3) is 0.333. The SMILES string of the molecule is COc1cc(C(=O)N/N=C/c2ccc(N3CCOCC3)cc2)cc(OC)c1OC. The number of rotatable bonds is 7. The molecule has 8 nitrogen and oxygen atoms in total. The first-order valence-electron chi connectivity index (χ1n) is 9.22. The van der Waals surface area contributed by atoms with Crippen molar-refractivity contribution in [1.29, 1.82) is 0 Å². The van der Waals surface area contributed by atoms with Crippen LogP contribution in [0.4, 0.5) is 5.69 Å². The van der Waals surface area contributed by atoms with Crippen molar-refractivity contribution >= 4 is 17.8 Å². The van der Waals surface area contributed by atoms with Gasteiger partial charge in [0.1, 0.15) is 0 Å². The third kappa shape index (κ3) is 4.97. The van der Waals surface area contributed by atoms with E-state index in [1.54, 1.807) is 18.3 Å². The van der Waals surface area contributed by atoms with Gasteiger partial charge in [-0.25, -0.2) is 5.43 Å². The van der Waals surface area contributed by atoms with E-state index in [9.17, 15) is 4.79 Å². The van der Waals surface area contributed by atoms with Gasteiger partial charge in [-0.1, -0.05) is 12.1 Å². The summed E-state index contributed by atoms with van der Waals surface area (Å²) in [5.41, 5.74) is 4.89. The Morgan fingerprint density at radius 3 is 2.21 bits per heavy atom. The largest absolute Gasteiger partial charge is 0.493 e. The zero-order chi connectivity index (χ0) is 20.6. The minimum absolute atomic E-state index is 0.347. The average Bonchev–Trinajstić information content (AvgIpc) is 2.78. The van der Waals surface area contributed by atoms with Crippen molar-refractivity contribution in [2.24, 2.45) is 5.10 Å². The Hall–Kier alpha value is -3.26. The fourth-order valence-corrected chi connectivity index (χ4v) is 3.03. The highest BCUT2D eigenvalue weighted by Crippen LogP contribution is 2.38. The third-order valence-corrected chi connectivity index (χ3v) is 4.58. The summed E-state index contributed by atoms with van der Waals surface area (Å²) in [4.78, 5) is 14.7. The van der Waals surface area contributed by atoms with Crippen molar-refractivity contribution in [3.63, 3.8) is 0 Å². The number of ether oxygens (including phenoxy) is 4. The number of anilines is 1. The quantitative estimate of drug-likeness (QED) is 0.568. The number of nitrogens with one attached hydrogen (secondary N) is 1. The van der Waals surface area contributed by atoms with E-state index in [1.165, 1.54) is 21.3 Å². The molecular weight excluding hydrogens is 374 g/mol. The summed E-state index contributed by atoms with van der Waals surface area (Å²) < 4.78 is 21.2. The van der Waals surface area contributed by atoms with Crippen LogP contribution >= 0.6 is 0 Å². The van der Waals surface area contributed by atoms with Crippen LogP contribution in [-0.4, -0.2) is 59.8 Å². The summed E-state index contributed by atoms with van der Waals surface area (Å²) >= 11 is 0. The highest BCUT2D eigenvalue weighted by molar-refractivity contribution is 5.96. The summed E-state index contributed by atoms with van der Waals surface area (Å²) in [6, 6.07) is 11.1. The second-order valence-corrected chi connectivity index (χ2v) is 6.30. The van der Waals surface area contributed by atoms with Crippen LogP contribution in [0.2, 0.25) is 0 Å². The van der Waals surface area contributed by atoms with Crippen LogP contribution in [0.5, 0.6) is 17.2 Å². The van der Waals surface area contributed by atoms with Crippen molar-refractivity contribution in [2.75, 3.05) is 52.5 Å². The van der Waals surface area contributed by atoms with E-state index in [2.05, 4.69) is 15.4 Å². The molecule has 154 valence electrons. The molecule has 1 fully saturated rings. The van der Waals surface area contributed by atoms with Crippen molar-refractivity contribution in [2.45, 2.75) is 0 Å². The lowest BCUT2D eigenvalue weighted by Gasteiger charge is -2.28. The average molecular weight is 399 g/mol. The highest BCUT2D eigenvalue weighted by Gasteiger charge is 2.16. The summed E-state index contributed by atoms with van der Waals surface area (Å²) in [6.45, 7) is 3.27. The number of carbonyl (C=O) groups excluding carboxylic acids is 1. The van der Waals surface area contributed by atoms with Crippen LogP contribution in [0.25, 0.3) is 0 Å². The summed E-state index contributed by atoms with van der Waals surface area (Å²) in [6.07, 6.45) is 1.60. The molecule has 3 rings (SSSR count). The molecule has 0 radical (unpaired) electrons. The van der Waals surface area contributed by atoms with Crippen LogP contribution in [0.3, 0.4) is 0 Å². The maximum absolute atomic E-state index is 12.4. The van der Waals surface area contributed by atoms with Crippen LogP contribution in [-0.2, 0) is 4.74 Å². The molecule has 2 aromatic carbocycles. The van der Waals surface area contributed by atoms with E-state index in [0.29, 0.717) is 22.8 Å². The van der Waals surface area contributed by atoms with E-state index in [-0.39, 0.29) is 5.91 Å². The molecule has 8 heteroatoms. The predicted molar refractivity (Wildman–Crippen MR) is 111 cm³/mol. The number of nitrogens with zero attached hydrogens (tertiary/aromatic N) is 2. The summed E-state index contributed by atoms with van der Waals surface area (Å²) in [5.74, 6) is 0.847. The van der Waals surface area contributed by atoms with Gasteiger partial charge in [-0.2, -0.15) is 5.10 Å². The van der Waals surface area contributed by atoms with Crippen molar-refractivity contribution in [3.05, 3.63) is 47.5 Å². The van der Waals surface area contributed by atoms with Gasteiger partial charge in [0.05, 0.1) is 40.8 Å². The first-order chi connectivity index (χ1) is 14.2. The molecule has 0 aliphatic carbocycles. The van der Waals surface area contributed by atoms with E-state index >= 15 is 0 Å². The van der Waals surface area contributed by atoms with Gasteiger partial charge >= 0.3 is 0 Å². The summed E-state index contributed by atoms with van der Waals surface area (Å²) in [5, 5.41) is 4.04. The Labute approximate surface area is 170 Å². The molecule has 1 amide bonds. The second-order valence-electron chi connectivity index (χ2n) is 6.30. The Kier molecular flexibility index (Phi) is 6.91. The maximum atomic E-state index is 12.4. The van der Waals surface area contributed by atoms with E-state index < -0.39 is 0 Å². The molecule has 0 unspecified atom stereocenters. The van der Waals surface area contributed by atoms with Gasteiger partial charge < -0.3 is 23.8 Å². The molecule has 1 heterocycles. The van der Waals surface area contributed by atoms with E-state index in [4.69, 9.17) is 18.9 Å². The Morgan fingerprint density at radius 2 is 1.66 bits per heavy atom. The van der Waals surface area contributed by atoms with Gasteiger partial charge in [-0.3, -0.25) is 4.79 Å². The monoisotopic (exact) mass is 399 g/mol. The van der Waals surface area contributed by atoms with E-state index in [0.717, 1.165) is 37.6 Å². The highest BCUT2D eigenvalue weighted by atomic mass is 16.5. The predicted octanol–water partition coefficient (Wildman–Crippen LogP) is 2.31. The second kappa shape index (κ2) is 9.79. The fourth-order valence-electron chi connectivity index (χ4n) is 3.03. The summed E-state index contributed by atoms with van der Waals surface area (Å²) in [7, 11) is 4.50. The molecule has 0 spiro atoms. The normalized spacial score (nSPS) is 14.0. The van der Waals surface area contributed by atoms with Gasteiger partial charge in [-0.15, -0.1) is 0 Å². The van der Waals surface area contributed by atoms with Gasteiger partial charge in [-0.05, 0) is 29.8 Å². The van der Waals surface area contributed by atoms with Crippen molar-refractivity contribution in [3.8, 4) is 17.2 Å². The molecule has 1 N–H and O–H groups in total. The van der Waals surface area contributed by atoms with Crippen molar-refractivity contribution in [1.82, 2.24) is 5.43 Å². The zero-order valence-electron chi connectivity index (χ0n) is 16.8. The first-order valence-corrected chi connectivity index (χ1v) is 9.22. The lowest BCUT2D eigenvalue weighted by molar-refractivity contribution is 0.0954. The molecule has 2 aromatic rings. The van der Waals surface area contributed by atoms with Crippen LogP contribution in [0, 0.1) is 0 Å². The van der Waals surface area contributed by atoms with Crippen LogP contribution < -0.4 is 24.5 Å². The van der Waals surface area contributed by atoms with Gasteiger partial charge in [0.25, 0.3) is 5.91 Å². The molecule has 0 atom stereocenters. The number of hydrogen-bond acceptors (Lipinski definition) is 7. The lowest BCUT2D eigenvalue weighted by atomic mass is 10.1. The molecule has 1 saturated heterocycles. The topological polar surface area (TPSA) is 81.6 Å². The minimum Gasteiger partial charge on any atom is -0.493 e. The zero-order valence-corrected chi connectivity index (χ0v) is 16.8. The Morgan fingerprint density at radius 1 is 1.03 bits per heavy atom. The standard InChI is InChI=1S/C21H25N3O5/c1-26-18-12-16(13-19(27-2)20(18)28-3)21(25)23-22-14-15-4-6-17(7-5-15)24-8-10-29-11-9-24/h4-7,12-14H,8-11H2,1-3H3,(H,23,25)/b22-14+. The molecular formula is C21H25N3O5.